The van der Waals surface area contributed by atoms with Gasteiger partial charge >= 0.3 is 5.51 Å². The minimum absolute atomic E-state index is 0.0921. The summed E-state index contributed by atoms with van der Waals surface area (Å²) in [5.41, 5.74) is 0.142. The fraction of sp³-hybridized carbons (Fsp3) is 0.250. The molecule has 0 atom stereocenters. The minimum Gasteiger partial charge on any atom is -0.381 e. The van der Waals surface area contributed by atoms with Crippen LogP contribution in [-0.4, -0.2) is 5.51 Å². The van der Waals surface area contributed by atoms with Crippen molar-refractivity contribution >= 4 is 17.4 Å². The van der Waals surface area contributed by atoms with E-state index in [2.05, 4.69) is 5.32 Å². The standard InChI is InChI=1S/C16H16F3NS/c1-11-4-3-5-15(12(11)2)20-10-13-6-8-14(9-7-13)21-16(17,18)19/h3-9,20H,10H2,1-2H3. The van der Waals surface area contributed by atoms with Crippen LogP contribution in [0.3, 0.4) is 0 Å². The number of hydrogen-bond donors (Lipinski definition) is 1. The van der Waals surface area contributed by atoms with Crippen molar-refractivity contribution in [1.82, 2.24) is 0 Å². The van der Waals surface area contributed by atoms with Gasteiger partial charge in [-0.3, -0.25) is 0 Å². The summed E-state index contributed by atoms with van der Waals surface area (Å²) in [4.78, 5) is 0.206. The molecule has 0 aliphatic rings. The van der Waals surface area contributed by atoms with E-state index in [0.717, 1.165) is 11.3 Å². The molecule has 0 aromatic heterocycles. The van der Waals surface area contributed by atoms with Crippen LogP contribution in [0.1, 0.15) is 16.7 Å². The molecule has 2 rings (SSSR count). The smallest absolute Gasteiger partial charge is 0.381 e. The fourth-order valence-electron chi connectivity index (χ4n) is 1.95. The number of benzene rings is 2. The normalized spacial score (nSPS) is 11.5. The van der Waals surface area contributed by atoms with Crippen LogP contribution in [0.15, 0.2) is 47.4 Å². The number of anilines is 1. The van der Waals surface area contributed by atoms with Crippen molar-refractivity contribution in [2.24, 2.45) is 0 Å². The highest BCUT2D eigenvalue weighted by molar-refractivity contribution is 8.00. The summed E-state index contributed by atoms with van der Waals surface area (Å²) >= 11 is -0.0921. The van der Waals surface area contributed by atoms with Crippen molar-refractivity contribution in [3.05, 3.63) is 59.2 Å². The van der Waals surface area contributed by atoms with Gasteiger partial charge in [-0.05, 0) is 60.5 Å². The third-order valence-electron chi connectivity index (χ3n) is 3.24. The van der Waals surface area contributed by atoms with E-state index in [0.29, 0.717) is 6.54 Å². The highest BCUT2D eigenvalue weighted by atomic mass is 32.2. The molecule has 0 bridgehead atoms. The Balaban J connectivity index is 1.99. The predicted octanol–water partition coefficient (Wildman–Crippen LogP) is 5.53. The van der Waals surface area contributed by atoms with Gasteiger partial charge in [-0.1, -0.05) is 24.3 Å². The second-order valence-electron chi connectivity index (χ2n) is 4.79. The van der Waals surface area contributed by atoms with Crippen LogP contribution in [0.5, 0.6) is 0 Å². The van der Waals surface area contributed by atoms with E-state index in [1.54, 1.807) is 12.1 Å². The summed E-state index contributed by atoms with van der Waals surface area (Å²) in [6.45, 7) is 4.67. The molecule has 1 nitrogen and oxygen atoms in total. The molecule has 0 amide bonds. The highest BCUT2D eigenvalue weighted by Gasteiger charge is 2.28. The molecule has 0 spiro atoms. The lowest BCUT2D eigenvalue weighted by atomic mass is 10.1. The molecule has 112 valence electrons. The van der Waals surface area contributed by atoms with Gasteiger partial charge in [-0.15, -0.1) is 0 Å². The molecule has 0 radical (unpaired) electrons. The first-order valence-corrected chi connectivity index (χ1v) is 7.31. The number of nitrogens with one attached hydrogen (secondary N) is 1. The lowest BCUT2D eigenvalue weighted by Gasteiger charge is -2.12. The number of aryl methyl sites for hydroxylation is 1. The largest absolute Gasteiger partial charge is 0.446 e. The van der Waals surface area contributed by atoms with Gasteiger partial charge in [-0.2, -0.15) is 13.2 Å². The zero-order valence-electron chi connectivity index (χ0n) is 11.8. The minimum atomic E-state index is -4.24. The number of hydrogen-bond acceptors (Lipinski definition) is 2. The number of rotatable bonds is 4. The summed E-state index contributed by atoms with van der Waals surface area (Å²) in [6, 6.07) is 12.4. The van der Waals surface area contributed by atoms with Gasteiger partial charge in [-0.25, -0.2) is 0 Å². The number of thioether (sulfide) groups is 1. The first kappa shape index (κ1) is 15.8. The van der Waals surface area contributed by atoms with Gasteiger partial charge in [0.2, 0.25) is 0 Å². The zero-order chi connectivity index (χ0) is 15.5. The topological polar surface area (TPSA) is 12.0 Å². The maximum Gasteiger partial charge on any atom is 0.446 e. The molecule has 0 unspecified atom stereocenters. The Kier molecular flexibility index (Phi) is 4.83. The Morgan fingerprint density at radius 2 is 1.67 bits per heavy atom. The van der Waals surface area contributed by atoms with Crippen LogP contribution < -0.4 is 5.32 Å². The van der Waals surface area contributed by atoms with Crippen molar-refractivity contribution < 1.29 is 13.2 Å². The van der Waals surface area contributed by atoms with E-state index in [1.807, 2.05) is 32.0 Å². The average Bonchev–Trinajstić information content (AvgIpc) is 2.40. The molecule has 0 heterocycles. The first-order chi connectivity index (χ1) is 9.85. The Morgan fingerprint density at radius 1 is 1.00 bits per heavy atom. The summed E-state index contributed by atoms with van der Waals surface area (Å²) in [6.07, 6.45) is 0. The second kappa shape index (κ2) is 6.43. The molecular formula is C16H16F3NS. The molecule has 0 saturated carbocycles. The zero-order valence-corrected chi connectivity index (χ0v) is 12.6. The Bertz CT molecular complexity index is 606. The van der Waals surface area contributed by atoms with Crippen molar-refractivity contribution in [1.29, 1.82) is 0 Å². The first-order valence-electron chi connectivity index (χ1n) is 6.50. The molecule has 0 saturated heterocycles. The molecule has 1 N–H and O–H groups in total. The van der Waals surface area contributed by atoms with Gasteiger partial charge in [0.05, 0.1) is 0 Å². The van der Waals surface area contributed by atoms with Crippen LogP contribution >= 0.6 is 11.8 Å². The maximum atomic E-state index is 12.2. The summed E-state index contributed by atoms with van der Waals surface area (Å²) in [7, 11) is 0. The maximum absolute atomic E-state index is 12.2. The highest BCUT2D eigenvalue weighted by Crippen LogP contribution is 2.36. The third kappa shape index (κ3) is 4.70. The molecular weight excluding hydrogens is 295 g/mol. The Hall–Kier alpha value is -1.62. The monoisotopic (exact) mass is 311 g/mol. The molecule has 0 aliphatic heterocycles. The summed E-state index contributed by atoms with van der Waals surface area (Å²) in [5, 5.41) is 3.31. The van der Waals surface area contributed by atoms with E-state index >= 15 is 0 Å². The Morgan fingerprint density at radius 3 is 2.29 bits per heavy atom. The molecule has 2 aromatic carbocycles. The molecule has 0 aliphatic carbocycles. The molecule has 5 heteroatoms. The third-order valence-corrected chi connectivity index (χ3v) is 3.98. The lowest BCUT2D eigenvalue weighted by Crippen LogP contribution is -2.02. The molecule has 0 fully saturated rings. The predicted molar refractivity (Wildman–Crippen MR) is 81.6 cm³/mol. The fourth-order valence-corrected chi connectivity index (χ4v) is 2.49. The van der Waals surface area contributed by atoms with E-state index in [9.17, 15) is 13.2 Å². The van der Waals surface area contributed by atoms with Crippen LogP contribution in [0.4, 0.5) is 18.9 Å². The van der Waals surface area contributed by atoms with Crippen LogP contribution in [0.2, 0.25) is 0 Å². The average molecular weight is 311 g/mol. The van der Waals surface area contributed by atoms with Gasteiger partial charge < -0.3 is 5.32 Å². The van der Waals surface area contributed by atoms with Gasteiger partial charge in [0.15, 0.2) is 0 Å². The van der Waals surface area contributed by atoms with Crippen LogP contribution in [0.25, 0.3) is 0 Å². The van der Waals surface area contributed by atoms with Crippen molar-refractivity contribution in [3.63, 3.8) is 0 Å². The van der Waals surface area contributed by atoms with Gasteiger partial charge in [0.1, 0.15) is 0 Å². The number of alkyl halides is 3. The van der Waals surface area contributed by atoms with Crippen molar-refractivity contribution in [2.45, 2.75) is 30.8 Å². The SMILES string of the molecule is Cc1cccc(NCc2ccc(SC(F)(F)F)cc2)c1C. The lowest BCUT2D eigenvalue weighted by molar-refractivity contribution is -0.0328. The second-order valence-corrected chi connectivity index (χ2v) is 5.93. The van der Waals surface area contributed by atoms with Crippen molar-refractivity contribution in [2.75, 3.05) is 5.32 Å². The van der Waals surface area contributed by atoms with Crippen LogP contribution in [0, 0.1) is 13.8 Å². The summed E-state index contributed by atoms with van der Waals surface area (Å²) < 4.78 is 36.7. The van der Waals surface area contributed by atoms with E-state index in [1.165, 1.54) is 23.3 Å². The number of halogens is 3. The van der Waals surface area contributed by atoms with Crippen molar-refractivity contribution in [3.8, 4) is 0 Å². The summed E-state index contributed by atoms with van der Waals surface area (Å²) in [5.74, 6) is 0. The molecule has 2 aromatic rings. The van der Waals surface area contributed by atoms with E-state index < -0.39 is 5.51 Å². The van der Waals surface area contributed by atoms with Gasteiger partial charge in [0.25, 0.3) is 0 Å². The van der Waals surface area contributed by atoms with E-state index in [-0.39, 0.29) is 16.7 Å². The molecule has 21 heavy (non-hydrogen) atoms. The van der Waals surface area contributed by atoms with Gasteiger partial charge in [0, 0.05) is 17.1 Å². The Labute approximate surface area is 126 Å². The van der Waals surface area contributed by atoms with E-state index in [4.69, 9.17) is 0 Å². The van der Waals surface area contributed by atoms with Crippen LogP contribution in [-0.2, 0) is 6.54 Å². The quantitative estimate of drug-likeness (QED) is 0.745.